The van der Waals surface area contributed by atoms with E-state index in [0.29, 0.717) is 18.5 Å². The lowest BCUT2D eigenvalue weighted by molar-refractivity contribution is 0.326. The lowest BCUT2D eigenvalue weighted by Gasteiger charge is -2.18. The van der Waals surface area contributed by atoms with Crippen LogP contribution in [0.2, 0.25) is 0 Å². The minimum Gasteiger partial charge on any atom is -0.478 e. The zero-order valence-corrected chi connectivity index (χ0v) is 11.2. The molecule has 0 fully saturated rings. The highest BCUT2D eigenvalue weighted by Gasteiger charge is 2.08. The summed E-state index contributed by atoms with van der Waals surface area (Å²) >= 11 is 0. The van der Waals surface area contributed by atoms with E-state index >= 15 is 0 Å². The number of nitrogens with one attached hydrogen (secondary N) is 1. The summed E-state index contributed by atoms with van der Waals surface area (Å²) in [5.74, 6) is 2.19. The van der Waals surface area contributed by atoms with Gasteiger partial charge in [-0.3, -0.25) is 0 Å². The molecule has 0 amide bonds. The van der Waals surface area contributed by atoms with E-state index in [-0.39, 0.29) is 0 Å². The van der Waals surface area contributed by atoms with Gasteiger partial charge in [-0.05, 0) is 26.2 Å². The van der Waals surface area contributed by atoms with Crippen LogP contribution in [0.4, 0.5) is 5.82 Å². The van der Waals surface area contributed by atoms with Gasteiger partial charge in [-0.15, -0.1) is 0 Å². The summed E-state index contributed by atoms with van der Waals surface area (Å²) in [6.07, 6.45) is 3.88. The Kier molecular flexibility index (Phi) is 5.73. The van der Waals surface area contributed by atoms with Crippen LogP contribution < -0.4 is 10.1 Å². The molecule has 0 bridgehead atoms. The molecule has 0 saturated carbocycles. The fourth-order valence-corrected chi connectivity index (χ4v) is 1.73. The standard InChI is InChI=1S/C13H23N3O/c1-5-10(3)7-11(4)16-12-8-13(17-6-2)15-9-14-12/h8-11H,5-7H2,1-4H3,(H,14,15,16). The van der Waals surface area contributed by atoms with E-state index in [9.17, 15) is 0 Å². The molecule has 0 aliphatic rings. The average molecular weight is 237 g/mol. The molecule has 1 aromatic rings. The molecule has 0 spiro atoms. The number of ether oxygens (including phenoxy) is 1. The number of aromatic nitrogens is 2. The molecule has 2 atom stereocenters. The molecule has 0 aromatic carbocycles. The Balaban J connectivity index is 2.52. The normalized spacial score (nSPS) is 14.1. The van der Waals surface area contributed by atoms with Crippen molar-refractivity contribution in [3.8, 4) is 5.88 Å². The summed E-state index contributed by atoms with van der Waals surface area (Å²) in [7, 11) is 0. The molecule has 1 N–H and O–H groups in total. The van der Waals surface area contributed by atoms with Crippen LogP contribution in [-0.4, -0.2) is 22.6 Å². The minimum absolute atomic E-state index is 0.411. The van der Waals surface area contributed by atoms with Gasteiger partial charge in [0.1, 0.15) is 12.1 Å². The SMILES string of the molecule is CCOc1cc(NC(C)CC(C)CC)ncn1. The van der Waals surface area contributed by atoms with Crippen LogP contribution in [0.1, 0.15) is 40.5 Å². The molecule has 96 valence electrons. The van der Waals surface area contributed by atoms with Gasteiger partial charge in [0.2, 0.25) is 5.88 Å². The molecule has 4 heteroatoms. The molecule has 1 heterocycles. The van der Waals surface area contributed by atoms with Gasteiger partial charge in [0, 0.05) is 12.1 Å². The smallest absolute Gasteiger partial charge is 0.218 e. The van der Waals surface area contributed by atoms with Gasteiger partial charge in [0.15, 0.2) is 0 Å². The maximum absolute atomic E-state index is 5.34. The first kappa shape index (κ1) is 13.7. The van der Waals surface area contributed by atoms with Gasteiger partial charge in [-0.2, -0.15) is 0 Å². The Labute approximate surface area is 104 Å². The second-order valence-electron chi connectivity index (χ2n) is 4.47. The van der Waals surface area contributed by atoms with Crippen molar-refractivity contribution in [2.75, 3.05) is 11.9 Å². The van der Waals surface area contributed by atoms with E-state index in [2.05, 4.69) is 36.1 Å². The molecule has 0 radical (unpaired) electrons. The maximum atomic E-state index is 5.34. The Hall–Kier alpha value is -1.32. The zero-order valence-electron chi connectivity index (χ0n) is 11.2. The topological polar surface area (TPSA) is 47.0 Å². The van der Waals surface area contributed by atoms with Crippen molar-refractivity contribution in [3.05, 3.63) is 12.4 Å². The molecule has 4 nitrogen and oxygen atoms in total. The molecule has 17 heavy (non-hydrogen) atoms. The van der Waals surface area contributed by atoms with Crippen LogP contribution in [0, 0.1) is 5.92 Å². The molecule has 1 aromatic heterocycles. The monoisotopic (exact) mass is 237 g/mol. The van der Waals surface area contributed by atoms with E-state index in [1.807, 2.05) is 13.0 Å². The second kappa shape index (κ2) is 7.09. The molecule has 0 saturated heterocycles. The van der Waals surface area contributed by atoms with Crippen molar-refractivity contribution in [1.29, 1.82) is 0 Å². The van der Waals surface area contributed by atoms with Crippen molar-refractivity contribution in [2.24, 2.45) is 5.92 Å². The average Bonchev–Trinajstić information content (AvgIpc) is 2.29. The highest BCUT2D eigenvalue weighted by Crippen LogP contribution is 2.15. The minimum atomic E-state index is 0.411. The Morgan fingerprint density at radius 3 is 2.71 bits per heavy atom. The van der Waals surface area contributed by atoms with Gasteiger partial charge < -0.3 is 10.1 Å². The van der Waals surface area contributed by atoms with Crippen LogP contribution in [-0.2, 0) is 0 Å². The summed E-state index contributed by atoms with van der Waals surface area (Å²) in [6, 6.07) is 2.26. The fraction of sp³-hybridized carbons (Fsp3) is 0.692. The van der Waals surface area contributed by atoms with E-state index in [1.165, 1.54) is 12.7 Å². The van der Waals surface area contributed by atoms with Crippen LogP contribution in [0.25, 0.3) is 0 Å². The van der Waals surface area contributed by atoms with Gasteiger partial charge in [-0.1, -0.05) is 20.3 Å². The summed E-state index contributed by atoms with van der Waals surface area (Å²) < 4.78 is 5.34. The van der Waals surface area contributed by atoms with Crippen molar-refractivity contribution in [3.63, 3.8) is 0 Å². The lowest BCUT2D eigenvalue weighted by Crippen LogP contribution is -2.19. The van der Waals surface area contributed by atoms with Gasteiger partial charge >= 0.3 is 0 Å². The first-order chi connectivity index (χ1) is 8.15. The molecule has 1 rings (SSSR count). The van der Waals surface area contributed by atoms with Crippen LogP contribution >= 0.6 is 0 Å². The number of anilines is 1. The molecular formula is C13H23N3O. The molecule has 0 aliphatic heterocycles. The van der Waals surface area contributed by atoms with Crippen molar-refractivity contribution in [1.82, 2.24) is 9.97 Å². The van der Waals surface area contributed by atoms with Crippen LogP contribution in [0.3, 0.4) is 0 Å². The van der Waals surface area contributed by atoms with Crippen molar-refractivity contribution < 1.29 is 4.74 Å². The van der Waals surface area contributed by atoms with Crippen molar-refractivity contribution in [2.45, 2.75) is 46.6 Å². The lowest BCUT2D eigenvalue weighted by atomic mass is 10.0. The summed E-state index contributed by atoms with van der Waals surface area (Å²) in [5.41, 5.74) is 0. The molecule has 2 unspecified atom stereocenters. The van der Waals surface area contributed by atoms with E-state index in [0.717, 1.165) is 18.2 Å². The Bertz CT molecular complexity index is 330. The number of hydrogen-bond donors (Lipinski definition) is 1. The second-order valence-corrected chi connectivity index (χ2v) is 4.47. The van der Waals surface area contributed by atoms with Gasteiger partial charge in [-0.25, -0.2) is 9.97 Å². The first-order valence-electron chi connectivity index (χ1n) is 6.37. The number of nitrogens with zero attached hydrogens (tertiary/aromatic N) is 2. The third kappa shape index (κ3) is 5.02. The summed E-state index contributed by atoms with van der Waals surface area (Å²) in [6.45, 7) is 9.23. The van der Waals surface area contributed by atoms with E-state index < -0.39 is 0 Å². The van der Waals surface area contributed by atoms with Gasteiger partial charge in [0.25, 0.3) is 0 Å². The first-order valence-corrected chi connectivity index (χ1v) is 6.37. The Morgan fingerprint density at radius 2 is 2.06 bits per heavy atom. The van der Waals surface area contributed by atoms with Crippen LogP contribution in [0.5, 0.6) is 5.88 Å². The molecule has 0 aliphatic carbocycles. The van der Waals surface area contributed by atoms with Gasteiger partial charge in [0.05, 0.1) is 6.61 Å². The van der Waals surface area contributed by atoms with E-state index in [4.69, 9.17) is 4.74 Å². The number of rotatable bonds is 7. The quantitative estimate of drug-likeness (QED) is 0.791. The predicted molar refractivity (Wildman–Crippen MR) is 70.4 cm³/mol. The third-order valence-corrected chi connectivity index (χ3v) is 2.78. The van der Waals surface area contributed by atoms with Crippen molar-refractivity contribution >= 4 is 5.82 Å². The fourth-order valence-electron chi connectivity index (χ4n) is 1.73. The summed E-state index contributed by atoms with van der Waals surface area (Å²) in [5, 5.41) is 3.37. The van der Waals surface area contributed by atoms with E-state index in [1.54, 1.807) is 0 Å². The number of hydrogen-bond acceptors (Lipinski definition) is 4. The largest absolute Gasteiger partial charge is 0.478 e. The maximum Gasteiger partial charge on any atom is 0.218 e. The van der Waals surface area contributed by atoms with Crippen LogP contribution in [0.15, 0.2) is 12.4 Å². The predicted octanol–water partition coefficient (Wildman–Crippen LogP) is 3.11. The molecular weight excluding hydrogens is 214 g/mol. The summed E-state index contributed by atoms with van der Waals surface area (Å²) in [4.78, 5) is 8.23. The highest BCUT2D eigenvalue weighted by atomic mass is 16.5. The zero-order chi connectivity index (χ0) is 12.7. The highest BCUT2D eigenvalue weighted by molar-refractivity contribution is 5.37. The third-order valence-electron chi connectivity index (χ3n) is 2.78. The Morgan fingerprint density at radius 1 is 1.29 bits per heavy atom.